The number of rotatable bonds is 5. The van der Waals surface area contributed by atoms with Crippen LogP contribution in [-0.2, 0) is 6.18 Å². The van der Waals surface area contributed by atoms with Crippen molar-refractivity contribution in [3.63, 3.8) is 0 Å². The van der Waals surface area contributed by atoms with E-state index < -0.39 is 11.7 Å². The predicted octanol–water partition coefficient (Wildman–Crippen LogP) is 5.95. The number of likely N-dealkylation sites (tertiary alicyclic amines) is 1. The fourth-order valence-electron chi connectivity index (χ4n) is 4.35. The maximum Gasteiger partial charge on any atom is 0.417 e. The number of hydrogen-bond donors (Lipinski definition) is 1. The maximum atomic E-state index is 13.9. The zero-order valence-corrected chi connectivity index (χ0v) is 20.0. The number of benzene rings is 1. The Hall–Kier alpha value is -3.20. The summed E-state index contributed by atoms with van der Waals surface area (Å²) in [6, 6.07) is 8.79. The predicted molar refractivity (Wildman–Crippen MR) is 128 cm³/mol. The van der Waals surface area contributed by atoms with Crippen LogP contribution in [0.3, 0.4) is 0 Å². The molecule has 0 aliphatic carbocycles. The first-order chi connectivity index (χ1) is 16.6. The third kappa shape index (κ3) is 5.56. The lowest BCUT2D eigenvalue weighted by Crippen LogP contribution is -2.54. The fraction of sp³-hybridized carbons (Fsp3) is 0.360. The van der Waals surface area contributed by atoms with Crippen LogP contribution in [0.15, 0.2) is 55.0 Å². The van der Waals surface area contributed by atoms with Crippen LogP contribution in [0, 0.1) is 5.92 Å². The van der Waals surface area contributed by atoms with Crippen LogP contribution in [0.4, 0.5) is 19.0 Å². The van der Waals surface area contributed by atoms with Crippen molar-refractivity contribution in [2.24, 2.45) is 5.92 Å². The third-order valence-electron chi connectivity index (χ3n) is 6.47. The summed E-state index contributed by atoms with van der Waals surface area (Å²) in [5.74, 6) is 0.822. The third-order valence-corrected chi connectivity index (χ3v) is 6.71. The monoisotopic (exact) mass is 503 g/mol. The molecule has 0 bridgehead atoms. The molecule has 1 aliphatic heterocycles. The average molecular weight is 504 g/mol. The average Bonchev–Trinajstić information content (AvgIpc) is 2.84. The summed E-state index contributed by atoms with van der Waals surface area (Å²) in [5.41, 5.74) is 0.181. The number of anilines is 1. The molecule has 1 aromatic carbocycles. The highest BCUT2D eigenvalue weighted by atomic mass is 35.5. The van der Waals surface area contributed by atoms with Gasteiger partial charge in [0, 0.05) is 47.8 Å². The van der Waals surface area contributed by atoms with Gasteiger partial charge in [0.05, 0.1) is 11.1 Å². The first-order valence-electron chi connectivity index (χ1n) is 11.3. The molecule has 3 heterocycles. The number of aromatic nitrogens is 3. The lowest BCUT2D eigenvalue weighted by atomic mass is 9.86. The Morgan fingerprint density at radius 1 is 1.11 bits per heavy atom. The molecule has 1 saturated heterocycles. The summed E-state index contributed by atoms with van der Waals surface area (Å²) >= 11 is 6.26. The highest BCUT2D eigenvalue weighted by Gasteiger charge is 2.37. The summed E-state index contributed by atoms with van der Waals surface area (Å²) in [6.07, 6.45) is 1.24. The second-order valence-electron chi connectivity index (χ2n) is 8.73. The molecule has 1 aliphatic rings. The van der Waals surface area contributed by atoms with E-state index >= 15 is 0 Å². The van der Waals surface area contributed by atoms with Gasteiger partial charge in [0.1, 0.15) is 5.82 Å². The van der Waals surface area contributed by atoms with E-state index in [1.807, 2.05) is 11.8 Å². The zero-order valence-electron chi connectivity index (χ0n) is 19.3. The molecule has 35 heavy (non-hydrogen) atoms. The number of alkyl halides is 3. The van der Waals surface area contributed by atoms with Crippen LogP contribution in [0.25, 0.3) is 11.4 Å². The van der Waals surface area contributed by atoms with Crippen molar-refractivity contribution < 1.29 is 18.0 Å². The molecule has 1 unspecified atom stereocenters. The van der Waals surface area contributed by atoms with Crippen molar-refractivity contribution in [1.29, 1.82) is 0 Å². The second kappa shape index (κ2) is 10.2. The van der Waals surface area contributed by atoms with Gasteiger partial charge in [0.15, 0.2) is 5.82 Å². The molecule has 1 N–H and O–H groups in total. The number of carbonyl (C=O) groups excluding carboxylic acids is 1. The van der Waals surface area contributed by atoms with Crippen molar-refractivity contribution in [3.05, 3.63) is 71.1 Å². The molecular weight excluding hydrogens is 479 g/mol. The largest absolute Gasteiger partial charge is 0.417 e. The van der Waals surface area contributed by atoms with Crippen LogP contribution in [0.1, 0.15) is 42.6 Å². The minimum Gasteiger partial charge on any atom is -0.368 e. The Morgan fingerprint density at radius 3 is 2.51 bits per heavy atom. The molecule has 2 aromatic heterocycles. The molecule has 4 rings (SSSR count). The lowest BCUT2D eigenvalue weighted by Gasteiger charge is -2.44. The Morgan fingerprint density at radius 2 is 1.86 bits per heavy atom. The molecule has 0 spiro atoms. The van der Waals surface area contributed by atoms with Crippen LogP contribution in [0.5, 0.6) is 0 Å². The van der Waals surface area contributed by atoms with Crippen LogP contribution in [-0.4, -0.2) is 44.4 Å². The van der Waals surface area contributed by atoms with Gasteiger partial charge in [0.2, 0.25) is 0 Å². The Bertz CT molecular complexity index is 1170. The minimum absolute atomic E-state index is 0.0628. The normalized spacial score (nSPS) is 20.5. The van der Waals surface area contributed by atoms with Gasteiger partial charge in [-0.3, -0.25) is 4.79 Å². The van der Waals surface area contributed by atoms with Gasteiger partial charge >= 0.3 is 6.18 Å². The molecule has 1 fully saturated rings. The number of hydrogen-bond acceptors (Lipinski definition) is 5. The highest BCUT2D eigenvalue weighted by molar-refractivity contribution is 6.31. The van der Waals surface area contributed by atoms with Gasteiger partial charge in [-0.1, -0.05) is 18.5 Å². The first kappa shape index (κ1) is 24.9. The van der Waals surface area contributed by atoms with Crippen LogP contribution in [0.2, 0.25) is 5.02 Å². The van der Waals surface area contributed by atoms with Crippen molar-refractivity contribution in [1.82, 2.24) is 19.9 Å². The number of halogens is 4. The lowest BCUT2D eigenvalue weighted by molar-refractivity contribution is -0.137. The molecule has 0 saturated carbocycles. The van der Waals surface area contributed by atoms with Gasteiger partial charge in [-0.2, -0.15) is 13.2 Å². The van der Waals surface area contributed by atoms with Crippen molar-refractivity contribution >= 4 is 23.3 Å². The zero-order chi connectivity index (χ0) is 25.2. The molecule has 0 radical (unpaired) electrons. The van der Waals surface area contributed by atoms with Crippen LogP contribution >= 0.6 is 11.6 Å². The second-order valence-corrected chi connectivity index (χ2v) is 9.17. The number of piperidine rings is 1. The van der Waals surface area contributed by atoms with E-state index in [2.05, 4.69) is 27.2 Å². The van der Waals surface area contributed by atoms with E-state index in [4.69, 9.17) is 11.6 Å². The molecule has 10 heteroatoms. The molecule has 184 valence electrons. The van der Waals surface area contributed by atoms with E-state index in [9.17, 15) is 18.0 Å². The topological polar surface area (TPSA) is 71.0 Å². The van der Waals surface area contributed by atoms with E-state index in [0.29, 0.717) is 34.3 Å². The Balaban J connectivity index is 1.60. The smallest absolute Gasteiger partial charge is 0.368 e. The number of pyridine rings is 1. The summed E-state index contributed by atoms with van der Waals surface area (Å²) in [7, 11) is 0. The Labute approximate surface area is 206 Å². The summed E-state index contributed by atoms with van der Waals surface area (Å²) in [4.78, 5) is 28.2. The van der Waals surface area contributed by atoms with Gasteiger partial charge in [-0.05, 0) is 62.1 Å². The number of nitrogens with zero attached hydrogens (tertiary/aromatic N) is 4. The van der Waals surface area contributed by atoms with E-state index in [-0.39, 0.29) is 23.9 Å². The van der Waals surface area contributed by atoms with Gasteiger partial charge < -0.3 is 10.2 Å². The molecule has 6 nitrogen and oxygen atoms in total. The van der Waals surface area contributed by atoms with E-state index in [1.54, 1.807) is 36.7 Å². The van der Waals surface area contributed by atoms with E-state index in [0.717, 1.165) is 25.1 Å². The van der Waals surface area contributed by atoms with Gasteiger partial charge in [-0.15, -0.1) is 0 Å². The quantitative estimate of drug-likeness (QED) is 0.465. The van der Waals surface area contributed by atoms with Gasteiger partial charge in [-0.25, -0.2) is 15.0 Å². The number of carbonyl (C=O) groups is 1. The SMILES string of the molecule is CC1[C@@H](C)CC[C@@H](CNc2ccc(C(F)(F)F)cn2)N1C(=O)c1cc(Cl)ccc1-c1ncccn1. The molecule has 3 aromatic rings. The number of nitrogens with one attached hydrogen (secondary N) is 1. The minimum atomic E-state index is -4.44. The summed E-state index contributed by atoms with van der Waals surface area (Å²) in [5, 5.41) is 3.52. The summed E-state index contributed by atoms with van der Waals surface area (Å²) < 4.78 is 38.5. The maximum absolute atomic E-state index is 13.9. The summed E-state index contributed by atoms with van der Waals surface area (Å²) in [6.45, 7) is 4.46. The van der Waals surface area contributed by atoms with Crippen molar-refractivity contribution in [3.8, 4) is 11.4 Å². The first-order valence-corrected chi connectivity index (χ1v) is 11.7. The molecular formula is C25H25ClF3N5O. The standard InChI is InChI=1S/C25H25ClF3N5O/c1-15-4-7-19(14-33-22-9-5-17(13-32-22)25(27,28)29)34(16(15)2)24(35)21-12-18(26)6-8-20(21)23-30-10-3-11-31-23/h3,5-6,8-13,15-16,19H,4,7,14H2,1-2H3,(H,32,33)/t15-,16?,19-/m0/s1. The van der Waals surface area contributed by atoms with Gasteiger partial charge in [0.25, 0.3) is 5.91 Å². The number of amides is 1. The van der Waals surface area contributed by atoms with Crippen molar-refractivity contribution in [2.45, 2.75) is 44.9 Å². The molecule has 3 atom stereocenters. The fourth-order valence-corrected chi connectivity index (χ4v) is 4.52. The van der Waals surface area contributed by atoms with Crippen LogP contribution < -0.4 is 5.32 Å². The molecule has 1 amide bonds. The van der Waals surface area contributed by atoms with Crippen molar-refractivity contribution in [2.75, 3.05) is 11.9 Å². The van der Waals surface area contributed by atoms with E-state index in [1.165, 1.54) is 6.07 Å². The highest BCUT2D eigenvalue weighted by Crippen LogP contribution is 2.33. The Kier molecular flexibility index (Phi) is 7.25.